The number of anilines is 1. The zero-order chi connectivity index (χ0) is 15.4. The second kappa shape index (κ2) is 6.35. The summed E-state index contributed by atoms with van der Waals surface area (Å²) in [5.74, 6) is 0.726. The summed E-state index contributed by atoms with van der Waals surface area (Å²) in [6.45, 7) is 0.194. The van der Waals surface area contributed by atoms with E-state index in [1.807, 2.05) is 17.5 Å². The van der Waals surface area contributed by atoms with E-state index >= 15 is 0 Å². The van der Waals surface area contributed by atoms with Crippen molar-refractivity contribution in [2.24, 2.45) is 0 Å². The van der Waals surface area contributed by atoms with Gasteiger partial charge in [-0.25, -0.2) is 14.2 Å². The zero-order valence-electron chi connectivity index (χ0n) is 11.3. The maximum Gasteiger partial charge on any atom is 0.319 e. The van der Waals surface area contributed by atoms with E-state index in [0.717, 1.165) is 4.88 Å². The number of carbonyl (C=O) groups is 1. The largest absolute Gasteiger partial charge is 0.331 e. The molecule has 0 aliphatic rings. The first kappa shape index (κ1) is 14.2. The summed E-state index contributed by atoms with van der Waals surface area (Å²) in [5.41, 5.74) is 0.384. The Morgan fingerprint density at radius 2 is 2.23 bits per heavy atom. The van der Waals surface area contributed by atoms with Crippen LogP contribution in [0.5, 0.6) is 0 Å². The number of nitrogens with one attached hydrogen (secondary N) is 3. The van der Waals surface area contributed by atoms with E-state index in [4.69, 9.17) is 0 Å². The van der Waals surface area contributed by atoms with Crippen LogP contribution in [0.3, 0.4) is 0 Å². The van der Waals surface area contributed by atoms with E-state index in [1.165, 1.54) is 29.5 Å². The number of hydrogen-bond donors (Lipinski definition) is 3. The van der Waals surface area contributed by atoms with Crippen LogP contribution in [-0.2, 0) is 6.54 Å². The molecule has 1 aromatic carbocycles. The summed E-state index contributed by atoms with van der Waals surface area (Å²) in [6, 6.07) is 9.06. The number of H-pyrrole nitrogens is 1. The van der Waals surface area contributed by atoms with Gasteiger partial charge in [-0.2, -0.15) is 5.10 Å². The highest BCUT2D eigenvalue weighted by molar-refractivity contribution is 7.13. The maximum absolute atomic E-state index is 13.0. The number of hydrogen-bond acceptors (Lipinski definition) is 4. The molecule has 0 saturated carbocycles. The van der Waals surface area contributed by atoms with Crippen molar-refractivity contribution in [1.82, 2.24) is 20.5 Å². The maximum atomic E-state index is 13.0. The summed E-state index contributed by atoms with van der Waals surface area (Å²) >= 11 is 1.54. The molecule has 2 heterocycles. The van der Waals surface area contributed by atoms with E-state index in [2.05, 4.69) is 25.8 Å². The Hall–Kier alpha value is -2.74. The highest BCUT2D eigenvalue weighted by atomic mass is 32.1. The number of thiophene rings is 1. The van der Waals surface area contributed by atoms with Gasteiger partial charge in [-0.15, -0.1) is 11.3 Å². The molecule has 3 N–H and O–H groups in total. The summed E-state index contributed by atoms with van der Waals surface area (Å²) in [4.78, 5) is 17.0. The van der Waals surface area contributed by atoms with E-state index in [9.17, 15) is 9.18 Å². The van der Waals surface area contributed by atoms with Gasteiger partial charge in [0.1, 0.15) is 11.6 Å². The lowest BCUT2D eigenvalue weighted by Crippen LogP contribution is -2.28. The summed E-state index contributed by atoms with van der Waals surface area (Å²) in [7, 11) is 0. The number of carbonyl (C=O) groups excluding carboxylic acids is 1. The Kier molecular flexibility index (Phi) is 4.10. The minimum absolute atomic E-state index is 0.194. The van der Waals surface area contributed by atoms with E-state index in [0.29, 0.717) is 17.3 Å². The van der Waals surface area contributed by atoms with Crippen LogP contribution < -0.4 is 10.6 Å². The molecule has 0 fully saturated rings. The molecule has 0 spiro atoms. The van der Waals surface area contributed by atoms with Crippen molar-refractivity contribution < 1.29 is 9.18 Å². The van der Waals surface area contributed by atoms with Gasteiger partial charge in [-0.3, -0.25) is 5.10 Å². The van der Waals surface area contributed by atoms with Crippen LogP contribution in [0.15, 0.2) is 41.8 Å². The van der Waals surface area contributed by atoms with Gasteiger partial charge in [0, 0.05) is 5.69 Å². The predicted octanol–water partition coefficient (Wildman–Crippen LogP) is 2.99. The van der Waals surface area contributed by atoms with Crippen LogP contribution in [0, 0.1) is 5.82 Å². The SMILES string of the molecule is O=C(NCc1nc(-c2cccs2)n[nH]1)Nc1cccc(F)c1. The Balaban J connectivity index is 1.55. The van der Waals surface area contributed by atoms with Crippen LogP contribution >= 0.6 is 11.3 Å². The number of aromatic nitrogens is 3. The molecule has 0 atom stereocenters. The Morgan fingerprint density at radius 1 is 1.32 bits per heavy atom. The monoisotopic (exact) mass is 317 g/mol. The third kappa shape index (κ3) is 3.47. The van der Waals surface area contributed by atoms with E-state index in [-0.39, 0.29) is 6.54 Å². The molecule has 6 nitrogen and oxygen atoms in total. The highest BCUT2D eigenvalue weighted by Crippen LogP contribution is 2.20. The normalized spacial score (nSPS) is 10.4. The average molecular weight is 317 g/mol. The van der Waals surface area contributed by atoms with Crippen LogP contribution in [0.1, 0.15) is 5.82 Å². The first-order chi connectivity index (χ1) is 10.7. The van der Waals surface area contributed by atoms with Gasteiger partial charge < -0.3 is 10.6 Å². The Bertz CT molecular complexity index is 771. The van der Waals surface area contributed by atoms with Crippen molar-refractivity contribution in [2.45, 2.75) is 6.54 Å². The van der Waals surface area contributed by atoms with Gasteiger partial charge in [0.15, 0.2) is 5.82 Å². The molecule has 0 radical (unpaired) electrons. The lowest BCUT2D eigenvalue weighted by molar-refractivity contribution is 0.251. The van der Waals surface area contributed by atoms with Crippen LogP contribution in [-0.4, -0.2) is 21.2 Å². The standard InChI is InChI=1S/C14H12FN5OS/c15-9-3-1-4-10(7-9)17-14(21)16-8-12-18-13(20-19-12)11-5-2-6-22-11/h1-7H,8H2,(H2,16,17,21)(H,18,19,20). The first-order valence-electron chi connectivity index (χ1n) is 6.46. The smallest absolute Gasteiger partial charge is 0.319 e. The van der Waals surface area contributed by atoms with Crippen molar-refractivity contribution >= 4 is 23.1 Å². The van der Waals surface area contributed by atoms with Gasteiger partial charge in [-0.05, 0) is 29.6 Å². The lowest BCUT2D eigenvalue weighted by Gasteiger charge is -2.06. The van der Waals surface area contributed by atoms with E-state index in [1.54, 1.807) is 6.07 Å². The molecule has 0 bridgehead atoms. The molecule has 8 heteroatoms. The third-order valence-corrected chi connectivity index (χ3v) is 3.64. The molecular weight excluding hydrogens is 305 g/mol. The fourth-order valence-electron chi connectivity index (χ4n) is 1.80. The molecule has 3 aromatic rings. The zero-order valence-corrected chi connectivity index (χ0v) is 12.2. The molecule has 2 aromatic heterocycles. The van der Waals surface area contributed by atoms with Gasteiger partial charge in [0.2, 0.25) is 0 Å². The van der Waals surface area contributed by atoms with Crippen molar-refractivity contribution in [1.29, 1.82) is 0 Å². The molecule has 0 aliphatic carbocycles. The third-order valence-electron chi connectivity index (χ3n) is 2.77. The number of rotatable bonds is 4. The van der Waals surface area contributed by atoms with Gasteiger partial charge in [0.25, 0.3) is 0 Å². The van der Waals surface area contributed by atoms with Gasteiger partial charge in [-0.1, -0.05) is 12.1 Å². The number of halogens is 1. The quantitative estimate of drug-likeness (QED) is 0.692. The molecule has 0 saturated heterocycles. The van der Waals surface area contributed by atoms with Crippen LogP contribution in [0.4, 0.5) is 14.9 Å². The molecule has 112 valence electrons. The average Bonchev–Trinajstić information content (AvgIpc) is 3.16. The van der Waals surface area contributed by atoms with Crippen molar-refractivity contribution in [2.75, 3.05) is 5.32 Å². The van der Waals surface area contributed by atoms with Crippen molar-refractivity contribution in [3.63, 3.8) is 0 Å². The summed E-state index contributed by atoms with van der Waals surface area (Å²) in [6.07, 6.45) is 0. The number of urea groups is 1. The summed E-state index contributed by atoms with van der Waals surface area (Å²) < 4.78 is 13.0. The Morgan fingerprint density at radius 3 is 3.00 bits per heavy atom. The van der Waals surface area contributed by atoms with Gasteiger partial charge >= 0.3 is 6.03 Å². The lowest BCUT2D eigenvalue weighted by atomic mass is 10.3. The fraction of sp³-hybridized carbons (Fsp3) is 0.0714. The topological polar surface area (TPSA) is 82.7 Å². The minimum atomic E-state index is -0.445. The van der Waals surface area contributed by atoms with Crippen LogP contribution in [0.25, 0.3) is 10.7 Å². The molecule has 2 amide bonds. The van der Waals surface area contributed by atoms with E-state index < -0.39 is 11.8 Å². The number of benzene rings is 1. The molecule has 0 unspecified atom stereocenters. The fourth-order valence-corrected chi connectivity index (χ4v) is 2.45. The number of nitrogens with zero attached hydrogens (tertiary/aromatic N) is 2. The molecule has 3 rings (SSSR count). The molecular formula is C14H12FN5OS. The minimum Gasteiger partial charge on any atom is -0.331 e. The number of aromatic amines is 1. The molecule has 0 aliphatic heterocycles. The van der Waals surface area contributed by atoms with Crippen molar-refractivity contribution in [3.05, 3.63) is 53.4 Å². The second-order valence-corrected chi connectivity index (χ2v) is 5.35. The van der Waals surface area contributed by atoms with Crippen LogP contribution in [0.2, 0.25) is 0 Å². The molecule has 22 heavy (non-hydrogen) atoms. The summed E-state index contributed by atoms with van der Waals surface area (Å²) in [5, 5.41) is 14.0. The second-order valence-electron chi connectivity index (χ2n) is 4.40. The Labute approximate surface area is 129 Å². The van der Waals surface area contributed by atoms with Crippen molar-refractivity contribution in [3.8, 4) is 10.7 Å². The number of amides is 2. The first-order valence-corrected chi connectivity index (χ1v) is 7.34. The van der Waals surface area contributed by atoms with Gasteiger partial charge in [0.05, 0.1) is 11.4 Å². The predicted molar refractivity (Wildman–Crippen MR) is 82.0 cm³/mol. The highest BCUT2D eigenvalue weighted by Gasteiger charge is 2.08.